The van der Waals surface area contributed by atoms with Crippen LogP contribution in [0.3, 0.4) is 0 Å². The Morgan fingerprint density at radius 1 is 1.22 bits per heavy atom. The van der Waals surface area contributed by atoms with Crippen molar-refractivity contribution in [3.8, 4) is 0 Å². The second-order valence-corrected chi connectivity index (χ2v) is 8.51. The molecule has 8 nitrogen and oxygen atoms in total. The molecular formula is C18H27N3O5S. The number of sulfonamides is 1. The van der Waals surface area contributed by atoms with Gasteiger partial charge in [0.25, 0.3) is 0 Å². The summed E-state index contributed by atoms with van der Waals surface area (Å²) in [6.45, 7) is 5.52. The number of amides is 1. The summed E-state index contributed by atoms with van der Waals surface area (Å²) in [5.41, 5.74) is 0.505. The van der Waals surface area contributed by atoms with E-state index >= 15 is 0 Å². The first-order chi connectivity index (χ1) is 12.8. The molecule has 0 radical (unpaired) electrons. The number of nitrogens with zero attached hydrogens (tertiary/aromatic N) is 2. The SMILES string of the molecule is CCN(CC)S(=O)(=O)c1ccc(NC(=O)CN2CCCC(C(=O)O)C2)cc1. The van der Waals surface area contributed by atoms with Crippen LogP contribution in [0.2, 0.25) is 0 Å². The topological polar surface area (TPSA) is 107 Å². The highest BCUT2D eigenvalue weighted by molar-refractivity contribution is 7.89. The minimum absolute atomic E-state index is 0.114. The lowest BCUT2D eigenvalue weighted by Crippen LogP contribution is -2.42. The van der Waals surface area contributed by atoms with Crippen molar-refractivity contribution >= 4 is 27.6 Å². The molecule has 0 bridgehead atoms. The highest BCUT2D eigenvalue weighted by Crippen LogP contribution is 2.19. The molecule has 27 heavy (non-hydrogen) atoms. The minimum atomic E-state index is -3.53. The molecule has 1 heterocycles. The molecule has 1 fully saturated rings. The number of rotatable bonds is 8. The van der Waals surface area contributed by atoms with E-state index in [-0.39, 0.29) is 17.3 Å². The number of carbonyl (C=O) groups is 2. The number of likely N-dealkylation sites (tertiary alicyclic amines) is 1. The van der Waals surface area contributed by atoms with E-state index in [1.54, 1.807) is 26.0 Å². The summed E-state index contributed by atoms with van der Waals surface area (Å²) in [6.07, 6.45) is 1.39. The number of hydrogen-bond acceptors (Lipinski definition) is 5. The van der Waals surface area contributed by atoms with Crippen molar-refractivity contribution in [1.29, 1.82) is 0 Å². The third-order valence-electron chi connectivity index (χ3n) is 4.70. The van der Waals surface area contributed by atoms with Crippen molar-refractivity contribution < 1.29 is 23.1 Å². The number of carboxylic acid groups (broad SMARTS) is 1. The van der Waals surface area contributed by atoms with Gasteiger partial charge in [-0.05, 0) is 43.7 Å². The fraction of sp³-hybridized carbons (Fsp3) is 0.556. The van der Waals surface area contributed by atoms with Crippen molar-refractivity contribution in [1.82, 2.24) is 9.21 Å². The predicted octanol–water partition coefficient (Wildman–Crippen LogP) is 1.45. The van der Waals surface area contributed by atoms with Gasteiger partial charge in [0.15, 0.2) is 0 Å². The number of piperidine rings is 1. The van der Waals surface area contributed by atoms with Crippen LogP contribution < -0.4 is 5.32 Å². The maximum Gasteiger partial charge on any atom is 0.307 e. The number of aliphatic carboxylic acids is 1. The van der Waals surface area contributed by atoms with Crippen LogP contribution in [0.4, 0.5) is 5.69 Å². The van der Waals surface area contributed by atoms with Crippen LogP contribution >= 0.6 is 0 Å². The third-order valence-corrected chi connectivity index (χ3v) is 6.77. The maximum atomic E-state index is 12.5. The molecule has 1 atom stereocenters. The van der Waals surface area contributed by atoms with Crippen LogP contribution in [0, 0.1) is 5.92 Å². The lowest BCUT2D eigenvalue weighted by atomic mass is 9.98. The molecule has 1 amide bonds. The zero-order chi connectivity index (χ0) is 20.0. The Morgan fingerprint density at radius 2 is 1.85 bits per heavy atom. The van der Waals surface area contributed by atoms with E-state index in [0.717, 1.165) is 6.42 Å². The van der Waals surface area contributed by atoms with Gasteiger partial charge in [0, 0.05) is 25.3 Å². The minimum Gasteiger partial charge on any atom is -0.481 e. The molecule has 1 aromatic rings. The fourth-order valence-corrected chi connectivity index (χ4v) is 4.69. The Hall–Kier alpha value is -1.97. The Balaban J connectivity index is 1.96. The highest BCUT2D eigenvalue weighted by atomic mass is 32.2. The standard InChI is InChI=1S/C18H27N3O5S/c1-3-21(4-2)27(25,26)16-9-7-15(8-10-16)19-17(22)13-20-11-5-6-14(12-20)18(23)24/h7-10,14H,3-6,11-13H2,1-2H3,(H,19,22)(H,23,24). The first-order valence-electron chi connectivity index (χ1n) is 9.13. The van der Waals surface area contributed by atoms with E-state index in [0.29, 0.717) is 38.3 Å². The summed E-state index contributed by atoms with van der Waals surface area (Å²) in [5, 5.41) is 11.8. The summed E-state index contributed by atoms with van der Waals surface area (Å²) >= 11 is 0. The first-order valence-corrected chi connectivity index (χ1v) is 10.6. The Morgan fingerprint density at radius 3 is 2.41 bits per heavy atom. The van der Waals surface area contributed by atoms with E-state index in [2.05, 4.69) is 5.32 Å². The summed E-state index contributed by atoms with van der Waals surface area (Å²) in [6, 6.07) is 6.07. The number of anilines is 1. The molecule has 1 aliphatic rings. The molecule has 9 heteroatoms. The van der Waals surface area contributed by atoms with Gasteiger partial charge in [0.1, 0.15) is 0 Å². The normalized spacial score (nSPS) is 18.4. The maximum absolute atomic E-state index is 12.5. The molecule has 150 valence electrons. The monoisotopic (exact) mass is 397 g/mol. The van der Waals surface area contributed by atoms with E-state index in [1.165, 1.54) is 16.4 Å². The van der Waals surface area contributed by atoms with E-state index < -0.39 is 21.9 Å². The van der Waals surface area contributed by atoms with Gasteiger partial charge in [-0.2, -0.15) is 4.31 Å². The van der Waals surface area contributed by atoms with Crippen LogP contribution in [0.5, 0.6) is 0 Å². The molecule has 0 spiro atoms. The number of hydrogen-bond donors (Lipinski definition) is 2. The van der Waals surface area contributed by atoms with Gasteiger partial charge >= 0.3 is 5.97 Å². The van der Waals surface area contributed by atoms with Crippen LogP contribution in [-0.4, -0.2) is 67.3 Å². The highest BCUT2D eigenvalue weighted by Gasteiger charge is 2.26. The van der Waals surface area contributed by atoms with Crippen molar-refractivity contribution in [3.63, 3.8) is 0 Å². The van der Waals surface area contributed by atoms with E-state index in [1.807, 2.05) is 4.90 Å². The zero-order valence-electron chi connectivity index (χ0n) is 15.7. The van der Waals surface area contributed by atoms with Gasteiger partial charge in [-0.25, -0.2) is 8.42 Å². The molecule has 0 saturated carbocycles. The number of carbonyl (C=O) groups excluding carboxylic acids is 1. The largest absolute Gasteiger partial charge is 0.481 e. The average molecular weight is 397 g/mol. The molecule has 1 aliphatic heterocycles. The van der Waals surface area contributed by atoms with Crippen molar-refractivity contribution in [3.05, 3.63) is 24.3 Å². The zero-order valence-corrected chi connectivity index (χ0v) is 16.5. The van der Waals surface area contributed by atoms with E-state index in [4.69, 9.17) is 5.11 Å². The van der Waals surface area contributed by atoms with Gasteiger partial charge < -0.3 is 10.4 Å². The molecule has 0 aliphatic carbocycles. The smallest absolute Gasteiger partial charge is 0.307 e. The summed E-state index contributed by atoms with van der Waals surface area (Å²) < 4.78 is 26.3. The number of benzene rings is 1. The molecule has 2 N–H and O–H groups in total. The lowest BCUT2D eigenvalue weighted by Gasteiger charge is -2.29. The second kappa shape index (κ2) is 9.29. The summed E-state index contributed by atoms with van der Waals surface area (Å²) in [5.74, 6) is -1.51. The third kappa shape index (κ3) is 5.50. The van der Waals surface area contributed by atoms with Crippen molar-refractivity contribution in [2.45, 2.75) is 31.6 Å². The van der Waals surface area contributed by atoms with Crippen LogP contribution in [0.15, 0.2) is 29.2 Å². The Labute approximate surface area is 160 Å². The average Bonchev–Trinajstić information content (AvgIpc) is 2.63. The van der Waals surface area contributed by atoms with Gasteiger partial charge in [-0.1, -0.05) is 13.8 Å². The van der Waals surface area contributed by atoms with Gasteiger partial charge in [-0.15, -0.1) is 0 Å². The molecule has 1 saturated heterocycles. The fourth-order valence-electron chi connectivity index (χ4n) is 3.23. The molecule has 1 aromatic carbocycles. The van der Waals surface area contributed by atoms with Crippen LogP contribution in [-0.2, 0) is 19.6 Å². The first kappa shape index (κ1) is 21.3. The molecule has 1 unspecified atom stereocenters. The lowest BCUT2D eigenvalue weighted by molar-refractivity contribution is -0.144. The van der Waals surface area contributed by atoms with Gasteiger partial charge in [0.05, 0.1) is 17.4 Å². The van der Waals surface area contributed by atoms with Crippen molar-refractivity contribution in [2.75, 3.05) is 38.0 Å². The molecular weight excluding hydrogens is 370 g/mol. The predicted molar refractivity (Wildman–Crippen MR) is 102 cm³/mol. The van der Waals surface area contributed by atoms with Gasteiger partial charge in [-0.3, -0.25) is 14.5 Å². The molecule has 0 aromatic heterocycles. The second-order valence-electron chi connectivity index (χ2n) is 6.57. The summed E-state index contributed by atoms with van der Waals surface area (Å²) in [7, 11) is -3.53. The number of nitrogens with one attached hydrogen (secondary N) is 1. The van der Waals surface area contributed by atoms with Crippen LogP contribution in [0.25, 0.3) is 0 Å². The Bertz CT molecular complexity index is 760. The van der Waals surface area contributed by atoms with Crippen LogP contribution in [0.1, 0.15) is 26.7 Å². The summed E-state index contributed by atoms with van der Waals surface area (Å²) in [4.78, 5) is 25.3. The molecule has 2 rings (SSSR count). The number of carboxylic acids is 1. The Kier molecular flexibility index (Phi) is 7.34. The quantitative estimate of drug-likeness (QED) is 0.688. The van der Waals surface area contributed by atoms with E-state index in [9.17, 15) is 18.0 Å². The van der Waals surface area contributed by atoms with Crippen molar-refractivity contribution in [2.24, 2.45) is 5.92 Å². The van der Waals surface area contributed by atoms with Gasteiger partial charge in [0.2, 0.25) is 15.9 Å².